The molecule has 16 heavy (non-hydrogen) atoms. The van der Waals surface area contributed by atoms with E-state index in [-0.39, 0.29) is 11.0 Å². The molecule has 5 heteroatoms. The molecule has 0 atom stereocenters. The standard InChI is InChI=1S/C11H15N3OS/c1-11(2,3)7-5-8-12-9(16-4)6-10(15)14(8)13-7/h5-6,13H,1-4H3. The first-order chi connectivity index (χ1) is 7.41. The summed E-state index contributed by atoms with van der Waals surface area (Å²) >= 11 is 1.48. The molecule has 0 aromatic carbocycles. The number of aromatic amines is 1. The number of hydrogen-bond acceptors (Lipinski definition) is 3. The van der Waals surface area contributed by atoms with Gasteiger partial charge in [0.05, 0.1) is 0 Å². The number of rotatable bonds is 1. The van der Waals surface area contributed by atoms with Gasteiger partial charge in [0.15, 0.2) is 5.65 Å². The molecule has 2 aromatic rings. The van der Waals surface area contributed by atoms with Gasteiger partial charge in [-0.25, -0.2) is 9.50 Å². The van der Waals surface area contributed by atoms with Crippen LogP contribution in [0.2, 0.25) is 0 Å². The average Bonchev–Trinajstić information content (AvgIpc) is 2.61. The Morgan fingerprint density at radius 3 is 2.62 bits per heavy atom. The summed E-state index contributed by atoms with van der Waals surface area (Å²) in [5.74, 6) is 0. The number of nitrogens with one attached hydrogen (secondary N) is 1. The fourth-order valence-electron chi connectivity index (χ4n) is 1.46. The Hall–Kier alpha value is -1.23. The molecule has 86 valence electrons. The van der Waals surface area contributed by atoms with Crippen LogP contribution in [0.3, 0.4) is 0 Å². The SMILES string of the molecule is CSc1cc(=O)n2[nH]c(C(C)(C)C)cc2n1. The summed E-state index contributed by atoms with van der Waals surface area (Å²) in [5, 5.41) is 3.84. The highest BCUT2D eigenvalue weighted by Crippen LogP contribution is 2.21. The van der Waals surface area contributed by atoms with Crippen LogP contribution in [0, 0.1) is 0 Å². The predicted octanol–water partition coefficient (Wildman–Crippen LogP) is 2.04. The molecule has 0 amide bonds. The molecule has 2 heterocycles. The Morgan fingerprint density at radius 1 is 1.38 bits per heavy atom. The Bertz CT molecular complexity index is 577. The van der Waals surface area contributed by atoms with E-state index < -0.39 is 0 Å². The first-order valence-corrected chi connectivity index (χ1v) is 6.31. The Morgan fingerprint density at radius 2 is 2.06 bits per heavy atom. The van der Waals surface area contributed by atoms with Crippen LogP contribution in [0.15, 0.2) is 22.0 Å². The molecule has 0 aliphatic carbocycles. The average molecular weight is 237 g/mol. The number of nitrogens with zero attached hydrogens (tertiary/aromatic N) is 2. The molecule has 0 fully saturated rings. The number of hydrogen-bond donors (Lipinski definition) is 1. The maximum Gasteiger partial charge on any atom is 0.273 e. The second kappa shape index (κ2) is 3.66. The highest BCUT2D eigenvalue weighted by Gasteiger charge is 2.17. The van der Waals surface area contributed by atoms with Gasteiger partial charge in [-0.1, -0.05) is 20.8 Å². The van der Waals surface area contributed by atoms with Crippen LogP contribution in [0.5, 0.6) is 0 Å². The lowest BCUT2D eigenvalue weighted by atomic mass is 9.93. The fourth-order valence-corrected chi connectivity index (χ4v) is 1.86. The van der Waals surface area contributed by atoms with Crippen molar-refractivity contribution in [2.75, 3.05) is 6.26 Å². The first kappa shape index (κ1) is 11.3. The lowest BCUT2D eigenvalue weighted by molar-refractivity contribution is 0.561. The molecule has 1 N–H and O–H groups in total. The molecule has 0 radical (unpaired) electrons. The maximum atomic E-state index is 11.8. The zero-order valence-corrected chi connectivity index (χ0v) is 10.7. The van der Waals surface area contributed by atoms with Gasteiger partial charge in [0, 0.05) is 23.2 Å². The van der Waals surface area contributed by atoms with E-state index in [1.54, 1.807) is 6.07 Å². The van der Waals surface area contributed by atoms with Crippen molar-refractivity contribution in [3.05, 3.63) is 28.2 Å². The summed E-state index contributed by atoms with van der Waals surface area (Å²) in [6.45, 7) is 6.29. The minimum absolute atomic E-state index is 0.0142. The van der Waals surface area contributed by atoms with Crippen LogP contribution in [0.4, 0.5) is 0 Å². The van der Waals surface area contributed by atoms with E-state index in [9.17, 15) is 4.79 Å². The summed E-state index contributed by atoms with van der Waals surface area (Å²) in [5.41, 5.74) is 1.61. The van der Waals surface area contributed by atoms with Gasteiger partial charge in [0.25, 0.3) is 5.56 Å². The summed E-state index contributed by atoms with van der Waals surface area (Å²) in [6, 6.07) is 3.47. The summed E-state index contributed by atoms with van der Waals surface area (Å²) in [4.78, 5) is 16.2. The molecule has 0 aliphatic heterocycles. The van der Waals surface area contributed by atoms with E-state index in [0.29, 0.717) is 5.65 Å². The van der Waals surface area contributed by atoms with Gasteiger partial charge in [-0.2, -0.15) is 0 Å². The van der Waals surface area contributed by atoms with E-state index in [0.717, 1.165) is 10.7 Å². The smallest absolute Gasteiger partial charge is 0.273 e. The van der Waals surface area contributed by atoms with Crippen molar-refractivity contribution in [3.63, 3.8) is 0 Å². The van der Waals surface area contributed by atoms with E-state index in [1.807, 2.05) is 12.3 Å². The van der Waals surface area contributed by atoms with E-state index >= 15 is 0 Å². The lowest BCUT2D eigenvalue weighted by Crippen LogP contribution is -2.16. The quantitative estimate of drug-likeness (QED) is 0.610. The van der Waals surface area contributed by atoms with Crippen molar-refractivity contribution < 1.29 is 0 Å². The first-order valence-electron chi connectivity index (χ1n) is 5.09. The Kier molecular flexibility index (Phi) is 2.58. The van der Waals surface area contributed by atoms with Crippen LogP contribution in [-0.2, 0) is 5.41 Å². The van der Waals surface area contributed by atoms with Crippen molar-refractivity contribution in [1.82, 2.24) is 14.6 Å². The van der Waals surface area contributed by atoms with Crippen molar-refractivity contribution in [2.45, 2.75) is 31.2 Å². The third-order valence-electron chi connectivity index (χ3n) is 2.44. The number of fused-ring (bicyclic) bond motifs is 1. The van der Waals surface area contributed by atoms with Gasteiger partial charge in [-0.3, -0.25) is 9.89 Å². The highest BCUT2D eigenvalue weighted by atomic mass is 32.2. The van der Waals surface area contributed by atoms with E-state index in [4.69, 9.17) is 0 Å². The van der Waals surface area contributed by atoms with Gasteiger partial charge in [-0.05, 0) is 6.26 Å². The molecule has 0 unspecified atom stereocenters. The third kappa shape index (κ3) is 1.87. The normalized spacial score (nSPS) is 12.2. The summed E-state index contributed by atoms with van der Waals surface area (Å²) < 4.78 is 1.49. The van der Waals surface area contributed by atoms with Gasteiger partial charge in [0.1, 0.15) is 5.03 Å². The number of H-pyrrole nitrogens is 1. The molecular formula is C11H15N3OS. The van der Waals surface area contributed by atoms with Gasteiger partial charge < -0.3 is 0 Å². The topological polar surface area (TPSA) is 50.2 Å². The van der Waals surface area contributed by atoms with Crippen LogP contribution in [0.25, 0.3) is 5.65 Å². The van der Waals surface area contributed by atoms with Crippen molar-refractivity contribution in [3.8, 4) is 0 Å². The predicted molar refractivity (Wildman–Crippen MR) is 66.3 cm³/mol. The zero-order chi connectivity index (χ0) is 11.9. The molecule has 2 rings (SSSR count). The fraction of sp³-hybridized carbons (Fsp3) is 0.455. The summed E-state index contributed by atoms with van der Waals surface area (Å²) in [7, 11) is 0. The highest BCUT2D eigenvalue weighted by molar-refractivity contribution is 7.98. The molecule has 4 nitrogen and oxygen atoms in total. The molecule has 0 spiro atoms. The third-order valence-corrected chi connectivity index (χ3v) is 3.07. The number of aromatic nitrogens is 3. The van der Waals surface area contributed by atoms with Crippen LogP contribution in [-0.4, -0.2) is 20.9 Å². The second-order valence-corrected chi connectivity index (χ2v) is 5.58. The molecule has 0 saturated carbocycles. The van der Waals surface area contributed by atoms with E-state index in [2.05, 4.69) is 30.9 Å². The molecule has 2 aromatic heterocycles. The Balaban J connectivity index is 2.71. The zero-order valence-electron chi connectivity index (χ0n) is 9.87. The lowest BCUT2D eigenvalue weighted by Gasteiger charge is -2.14. The maximum absolute atomic E-state index is 11.8. The summed E-state index contributed by atoms with van der Waals surface area (Å²) in [6.07, 6.45) is 1.91. The van der Waals surface area contributed by atoms with Gasteiger partial charge in [0.2, 0.25) is 0 Å². The van der Waals surface area contributed by atoms with Gasteiger partial charge in [-0.15, -0.1) is 11.8 Å². The van der Waals surface area contributed by atoms with Crippen LogP contribution in [0.1, 0.15) is 26.5 Å². The van der Waals surface area contributed by atoms with Crippen LogP contribution < -0.4 is 5.56 Å². The molecular weight excluding hydrogens is 222 g/mol. The second-order valence-electron chi connectivity index (χ2n) is 4.75. The van der Waals surface area contributed by atoms with Crippen molar-refractivity contribution >= 4 is 17.4 Å². The minimum atomic E-state index is -0.0650. The monoisotopic (exact) mass is 237 g/mol. The molecule has 0 aliphatic rings. The Labute approximate surface area is 98.1 Å². The van der Waals surface area contributed by atoms with Gasteiger partial charge >= 0.3 is 0 Å². The van der Waals surface area contributed by atoms with E-state index in [1.165, 1.54) is 16.3 Å². The molecule has 0 bridgehead atoms. The van der Waals surface area contributed by atoms with Crippen molar-refractivity contribution in [2.24, 2.45) is 0 Å². The largest absolute Gasteiger partial charge is 0.293 e. The van der Waals surface area contributed by atoms with Crippen molar-refractivity contribution in [1.29, 1.82) is 0 Å². The number of thioether (sulfide) groups is 1. The molecule has 0 saturated heterocycles. The minimum Gasteiger partial charge on any atom is -0.293 e. The van der Waals surface area contributed by atoms with Crippen LogP contribution >= 0.6 is 11.8 Å².